The molecule has 0 aliphatic heterocycles. The number of aromatic nitrogens is 1. The van der Waals surface area contributed by atoms with Crippen molar-refractivity contribution in [3.63, 3.8) is 0 Å². The molecule has 0 aromatic carbocycles. The molecular weight excluding hydrogens is 200 g/mol. The maximum Gasteiger partial charge on any atom is 0.266 e. The van der Waals surface area contributed by atoms with Crippen LogP contribution >= 0.6 is 11.6 Å². The average Bonchev–Trinajstić information content (AvgIpc) is 2.04. The first-order valence-electron chi connectivity index (χ1n) is 3.60. The predicted molar refractivity (Wildman–Crippen MR) is 44.9 cm³/mol. The van der Waals surface area contributed by atoms with Gasteiger partial charge in [-0.3, -0.25) is 4.98 Å². The summed E-state index contributed by atoms with van der Waals surface area (Å²) in [4.78, 5) is 3.71. The second-order valence-electron chi connectivity index (χ2n) is 2.55. The Bertz CT molecular complexity index is 317. The van der Waals surface area contributed by atoms with Crippen LogP contribution in [0.1, 0.15) is 23.2 Å². The highest BCUT2D eigenvalue weighted by molar-refractivity contribution is 6.32. The van der Waals surface area contributed by atoms with Crippen LogP contribution in [0.4, 0.5) is 8.78 Å². The first-order chi connectivity index (χ1) is 6.07. The maximum absolute atomic E-state index is 12.3. The summed E-state index contributed by atoms with van der Waals surface area (Å²) in [5.74, 6) is 0. The summed E-state index contributed by atoms with van der Waals surface area (Å²) >= 11 is 5.63. The molecule has 0 aliphatic carbocycles. The highest BCUT2D eigenvalue weighted by atomic mass is 35.5. The van der Waals surface area contributed by atoms with Crippen molar-refractivity contribution in [2.24, 2.45) is 0 Å². The van der Waals surface area contributed by atoms with Crippen molar-refractivity contribution in [1.82, 2.24) is 4.98 Å². The number of aryl methyl sites for hydroxylation is 1. The third-order valence-corrected chi connectivity index (χ3v) is 2.19. The molecule has 0 unspecified atom stereocenters. The molecule has 0 spiro atoms. The molecule has 1 aromatic rings. The zero-order chi connectivity index (χ0) is 10.0. The molecule has 72 valence electrons. The molecule has 0 fully saturated rings. The van der Waals surface area contributed by atoms with Crippen LogP contribution in [0.5, 0.6) is 0 Å². The third kappa shape index (κ3) is 1.95. The lowest BCUT2D eigenvalue weighted by molar-refractivity contribution is 0.150. The fraction of sp³-hybridized carbons (Fsp3) is 0.375. The van der Waals surface area contributed by atoms with E-state index >= 15 is 0 Å². The number of halogens is 3. The number of aliphatic hydroxyl groups excluding tert-OH is 1. The highest BCUT2D eigenvalue weighted by Gasteiger charge is 2.16. The van der Waals surface area contributed by atoms with Gasteiger partial charge in [-0.25, -0.2) is 8.78 Å². The Hall–Kier alpha value is -0.740. The molecule has 0 aliphatic rings. The van der Waals surface area contributed by atoms with Gasteiger partial charge in [0.25, 0.3) is 6.43 Å². The standard InChI is InChI=1S/C8H8ClF2NO/c1-4-6(3-13)7(9)5(2-12-4)8(10)11/h2,8,13H,3H2,1H3. The molecule has 1 aromatic heterocycles. The predicted octanol–water partition coefficient (Wildman–Crippen LogP) is 2.47. The van der Waals surface area contributed by atoms with E-state index in [2.05, 4.69) is 4.98 Å². The minimum absolute atomic E-state index is 0.0926. The molecule has 13 heavy (non-hydrogen) atoms. The Morgan fingerprint density at radius 2 is 2.23 bits per heavy atom. The van der Waals surface area contributed by atoms with E-state index in [4.69, 9.17) is 16.7 Å². The largest absolute Gasteiger partial charge is 0.392 e. The van der Waals surface area contributed by atoms with Gasteiger partial charge in [0, 0.05) is 17.5 Å². The quantitative estimate of drug-likeness (QED) is 0.808. The summed E-state index contributed by atoms with van der Waals surface area (Å²) in [6.07, 6.45) is -1.63. The first-order valence-corrected chi connectivity index (χ1v) is 3.98. The van der Waals surface area contributed by atoms with E-state index in [1.807, 2.05) is 0 Å². The lowest BCUT2D eigenvalue weighted by Crippen LogP contribution is -1.98. The number of pyridine rings is 1. The van der Waals surface area contributed by atoms with Crippen LogP contribution in [0.25, 0.3) is 0 Å². The summed E-state index contributed by atoms with van der Waals surface area (Å²) in [6.45, 7) is 1.23. The normalized spacial score (nSPS) is 10.9. The second-order valence-corrected chi connectivity index (χ2v) is 2.93. The number of aliphatic hydroxyl groups is 1. The van der Waals surface area contributed by atoms with E-state index < -0.39 is 6.43 Å². The van der Waals surface area contributed by atoms with E-state index in [1.165, 1.54) is 0 Å². The molecule has 1 heterocycles. The topological polar surface area (TPSA) is 33.1 Å². The summed E-state index contributed by atoms with van der Waals surface area (Å²) < 4.78 is 24.5. The Balaban J connectivity index is 3.27. The van der Waals surface area contributed by atoms with Gasteiger partial charge in [0.1, 0.15) is 0 Å². The molecule has 5 heteroatoms. The van der Waals surface area contributed by atoms with Crippen LogP contribution in [0.3, 0.4) is 0 Å². The van der Waals surface area contributed by atoms with Gasteiger partial charge in [-0.15, -0.1) is 0 Å². The molecule has 1 rings (SSSR count). The number of nitrogens with zero attached hydrogens (tertiary/aromatic N) is 1. The van der Waals surface area contributed by atoms with Gasteiger partial charge >= 0.3 is 0 Å². The summed E-state index contributed by atoms with van der Waals surface area (Å²) in [5.41, 5.74) is 0.396. The van der Waals surface area contributed by atoms with Crippen molar-refractivity contribution in [3.05, 3.63) is 28.0 Å². The maximum atomic E-state index is 12.3. The van der Waals surface area contributed by atoms with E-state index in [9.17, 15) is 8.78 Å². The number of hydrogen-bond acceptors (Lipinski definition) is 2. The van der Waals surface area contributed by atoms with Gasteiger partial charge in [-0.2, -0.15) is 0 Å². The van der Waals surface area contributed by atoms with Crippen molar-refractivity contribution in [3.8, 4) is 0 Å². The molecule has 0 atom stereocenters. The third-order valence-electron chi connectivity index (χ3n) is 1.75. The van der Waals surface area contributed by atoms with Crippen LogP contribution in [-0.2, 0) is 6.61 Å². The van der Waals surface area contributed by atoms with Crippen LogP contribution in [0.15, 0.2) is 6.20 Å². The fourth-order valence-electron chi connectivity index (χ4n) is 0.970. The molecule has 1 N–H and O–H groups in total. The fourth-order valence-corrected chi connectivity index (χ4v) is 1.30. The molecule has 0 radical (unpaired) electrons. The Labute approximate surface area is 79.2 Å². The van der Waals surface area contributed by atoms with Gasteiger partial charge in [0.2, 0.25) is 0 Å². The van der Waals surface area contributed by atoms with Crippen LogP contribution in [0, 0.1) is 6.92 Å². The van der Waals surface area contributed by atoms with Crippen molar-refractivity contribution < 1.29 is 13.9 Å². The second kappa shape index (κ2) is 3.98. The molecule has 0 amide bonds. The van der Waals surface area contributed by atoms with E-state index in [1.54, 1.807) is 6.92 Å². The van der Waals surface area contributed by atoms with E-state index in [0.29, 0.717) is 5.69 Å². The number of alkyl halides is 2. The Morgan fingerprint density at radius 3 is 2.69 bits per heavy atom. The zero-order valence-corrected chi connectivity index (χ0v) is 7.65. The van der Waals surface area contributed by atoms with E-state index in [0.717, 1.165) is 6.20 Å². The smallest absolute Gasteiger partial charge is 0.266 e. The Morgan fingerprint density at radius 1 is 1.62 bits per heavy atom. The van der Waals surface area contributed by atoms with E-state index in [-0.39, 0.29) is 22.8 Å². The SMILES string of the molecule is Cc1ncc(C(F)F)c(Cl)c1CO. The molecular formula is C8H8ClF2NO. The van der Waals surface area contributed by atoms with Crippen molar-refractivity contribution in [2.45, 2.75) is 20.0 Å². The first kappa shape index (κ1) is 10.3. The monoisotopic (exact) mass is 207 g/mol. The average molecular weight is 208 g/mol. The molecule has 2 nitrogen and oxygen atoms in total. The van der Waals surface area contributed by atoms with Gasteiger partial charge in [-0.1, -0.05) is 11.6 Å². The van der Waals surface area contributed by atoms with Gasteiger partial charge < -0.3 is 5.11 Å². The Kier molecular flexibility index (Phi) is 3.17. The van der Waals surface area contributed by atoms with Gasteiger partial charge in [-0.05, 0) is 6.92 Å². The number of rotatable bonds is 2. The summed E-state index contributed by atoms with van der Waals surface area (Å²) in [7, 11) is 0. The highest BCUT2D eigenvalue weighted by Crippen LogP contribution is 2.30. The molecule has 0 saturated carbocycles. The van der Waals surface area contributed by atoms with Crippen molar-refractivity contribution >= 4 is 11.6 Å². The zero-order valence-electron chi connectivity index (χ0n) is 6.89. The summed E-state index contributed by atoms with van der Waals surface area (Å²) in [5, 5.41) is 8.74. The minimum atomic E-state index is -2.66. The van der Waals surface area contributed by atoms with Crippen LogP contribution < -0.4 is 0 Å². The lowest BCUT2D eigenvalue weighted by Gasteiger charge is -2.08. The van der Waals surface area contributed by atoms with Crippen LogP contribution in [-0.4, -0.2) is 10.1 Å². The lowest BCUT2D eigenvalue weighted by atomic mass is 10.1. The number of hydrogen-bond donors (Lipinski definition) is 1. The summed E-state index contributed by atoms with van der Waals surface area (Å²) in [6, 6.07) is 0. The molecule has 0 saturated heterocycles. The van der Waals surface area contributed by atoms with Crippen molar-refractivity contribution in [2.75, 3.05) is 0 Å². The van der Waals surface area contributed by atoms with Crippen molar-refractivity contribution in [1.29, 1.82) is 0 Å². The van der Waals surface area contributed by atoms with Crippen LogP contribution in [0.2, 0.25) is 5.02 Å². The van der Waals surface area contributed by atoms with Gasteiger partial charge in [0.15, 0.2) is 0 Å². The molecule has 0 bridgehead atoms. The van der Waals surface area contributed by atoms with Gasteiger partial charge in [0.05, 0.1) is 17.2 Å². The minimum Gasteiger partial charge on any atom is -0.392 e.